The average Bonchev–Trinajstić information content (AvgIpc) is 2.95. The van der Waals surface area contributed by atoms with Crippen molar-refractivity contribution in [3.8, 4) is 0 Å². The van der Waals surface area contributed by atoms with E-state index in [0.29, 0.717) is 6.61 Å². The maximum atomic E-state index is 10.5. The fraction of sp³-hybridized carbons (Fsp3) is 0.579. The van der Waals surface area contributed by atoms with Crippen LogP contribution in [0.1, 0.15) is 37.7 Å². The molecular formula is C19H26O4. The largest absolute Gasteiger partial charge is 0.388 e. The van der Waals surface area contributed by atoms with Gasteiger partial charge in [0.05, 0.1) is 13.2 Å². The number of ether oxygens (including phenoxy) is 3. The summed E-state index contributed by atoms with van der Waals surface area (Å²) < 4.78 is 17.9. The second-order valence-electron chi connectivity index (χ2n) is 6.44. The van der Waals surface area contributed by atoms with Crippen molar-refractivity contribution in [2.45, 2.75) is 62.8 Å². The van der Waals surface area contributed by atoms with Gasteiger partial charge in [-0.05, 0) is 18.4 Å². The molecule has 1 aromatic carbocycles. The van der Waals surface area contributed by atoms with E-state index in [-0.39, 0.29) is 12.7 Å². The first-order valence-electron chi connectivity index (χ1n) is 8.50. The van der Waals surface area contributed by atoms with Crippen LogP contribution in [0.25, 0.3) is 0 Å². The number of aliphatic hydroxyl groups excluding tert-OH is 1. The normalized spacial score (nSPS) is 27.9. The van der Waals surface area contributed by atoms with E-state index in [2.05, 4.69) is 6.58 Å². The number of hydrogen-bond donors (Lipinski definition) is 1. The minimum atomic E-state index is -0.719. The van der Waals surface area contributed by atoms with Crippen molar-refractivity contribution in [2.75, 3.05) is 6.61 Å². The van der Waals surface area contributed by atoms with Crippen molar-refractivity contribution in [2.24, 2.45) is 0 Å². The summed E-state index contributed by atoms with van der Waals surface area (Å²) >= 11 is 0. The van der Waals surface area contributed by atoms with Crippen molar-refractivity contribution >= 4 is 0 Å². The van der Waals surface area contributed by atoms with E-state index in [1.165, 1.54) is 6.42 Å². The number of hydrogen-bond acceptors (Lipinski definition) is 4. The molecule has 1 aliphatic carbocycles. The standard InChI is InChI=1S/C19H26O4/c1-2-17-18(23-19(22-17)11-7-4-8-12-19)16(20)14-21-13-15-9-5-3-6-10-15/h2-3,5-6,9-10,16-18,20H,1,4,7-8,11-14H2. The summed E-state index contributed by atoms with van der Waals surface area (Å²) in [5.41, 5.74) is 1.09. The molecule has 4 heteroatoms. The zero-order chi connectivity index (χ0) is 16.1. The molecule has 23 heavy (non-hydrogen) atoms. The highest BCUT2D eigenvalue weighted by Crippen LogP contribution is 2.41. The average molecular weight is 318 g/mol. The van der Waals surface area contributed by atoms with Crippen molar-refractivity contribution < 1.29 is 19.3 Å². The lowest BCUT2D eigenvalue weighted by atomic mass is 9.94. The Labute approximate surface area is 138 Å². The van der Waals surface area contributed by atoms with Gasteiger partial charge in [0.25, 0.3) is 0 Å². The summed E-state index contributed by atoms with van der Waals surface area (Å²) in [5, 5.41) is 10.5. The highest BCUT2D eigenvalue weighted by atomic mass is 16.8. The van der Waals surface area contributed by atoms with E-state index in [1.807, 2.05) is 30.3 Å². The molecule has 3 atom stereocenters. The van der Waals surface area contributed by atoms with E-state index >= 15 is 0 Å². The van der Waals surface area contributed by atoms with Crippen LogP contribution in [0.3, 0.4) is 0 Å². The van der Waals surface area contributed by atoms with Crippen LogP contribution in [0.4, 0.5) is 0 Å². The summed E-state index contributed by atoms with van der Waals surface area (Å²) in [5.74, 6) is -0.526. The van der Waals surface area contributed by atoms with Crippen molar-refractivity contribution in [1.29, 1.82) is 0 Å². The Morgan fingerprint density at radius 1 is 1.22 bits per heavy atom. The van der Waals surface area contributed by atoms with Crippen LogP contribution in [0.15, 0.2) is 43.0 Å². The molecule has 2 fully saturated rings. The molecule has 0 bridgehead atoms. The third-order valence-electron chi connectivity index (χ3n) is 4.65. The molecular weight excluding hydrogens is 292 g/mol. The lowest BCUT2D eigenvalue weighted by Crippen LogP contribution is -2.38. The van der Waals surface area contributed by atoms with Gasteiger partial charge in [-0.25, -0.2) is 0 Å². The van der Waals surface area contributed by atoms with Gasteiger partial charge in [-0.1, -0.05) is 42.8 Å². The molecule has 126 valence electrons. The van der Waals surface area contributed by atoms with Crippen molar-refractivity contribution in [3.63, 3.8) is 0 Å². The van der Waals surface area contributed by atoms with Gasteiger partial charge < -0.3 is 19.3 Å². The third-order valence-corrected chi connectivity index (χ3v) is 4.65. The second kappa shape index (κ2) is 7.58. The van der Waals surface area contributed by atoms with Gasteiger partial charge in [-0.15, -0.1) is 6.58 Å². The first-order chi connectivity index (χ1) is 11.2. The topological polar surface area (TPSA) is 47.9 Å². The van der Waals surface area contributed by atoms with Crippen molar-refractivity contribution in [1.82, 2.24) is 0 Å². The van der Waals surface area contributed by atoms with Crippen LogP contribution in [0.2, 0.25) is 0 Å². The molecule has 1 aromatic rings. The lowest BCUT2D eigenvalue weighted by molar-refractivity contribution is -0.200. The second-order valence-corrected chi connectivity index (χ2v) is 6.44. The third kappa shape index (κ3) is 4.01. The molecule has 2 aliphatic rings. The van der Waals surface area contributed by atoms with Gasteiger partial charge in [0.15, 0.2) is 5.79 Å². The molecule has 1 saturated carbocycles. The Balaban J connectivity index is 1.53. The molecule has 3 unspecified atom stereocenters. The van der Waals surface area contributed by atoms with E-state index in [1.54, 1.807) is 6.08 Å². The van der Waals surface area contributed by atoms with Gasteiger partial charge in [0.2, 0.25) is 0 Å². The van der Waals surface area contributed by atoms with Gasteiger partial charge in [0.1, 0.15) is 18.3 Å². The van der Waals surface area contributed by atoms with Gasteiger partial charge in [-0.3, -0.25) is 0 Å². The first-order valence-corrected chi connectivity index (χ1v) is 8.50. The molecule has 0 radical (unpaired) electrons. The zero-order valence-corrected chi connectivity index (χ0v) is 13.5. The summed E-state index contributed by atoms with van der Waals surface area (Å²) in [4.78, 5) is 0. The smallest absolute Gasteiger partial charge is 0.169 e. The Morgan fingerprint density at radius 2 is 1.96 bits per heavy atom. The lowest BCUT2D eigenvalue weighted by Gasteiger charge is -2.32. The minimum Gasteiger partial charge on any atom is -0.388 e. The fourth-order valence-corrected chi connectivity index (χ4v) is 3.43. The predicted molar refractivity (Wildman–Crippen MR) is 87.9 cm³/mol. The number of aliphatic hydroxyl groups is 1. The van der Waals surface area contributed by atoms with Gasteiger partial charge in [-0.2, -0.15) is 0 Å². The Bertz CT molecular complexity index is 495. The molecule has 0 amide bonds. The van der Waals surface area contributed by atoms with Crippen LogP contribution < -0.4 is 0 Å². The predicted octanol–water partition coefficient (Wildman–Crippen LogP) is 3.19. The quantitative estimate of drug-likeness (QED) is 0.818. The van der Waals surface area contributed by atoms with Crippen molar-refractivity contribution in [3.05, 3.63) is 48.6 Å². The summed E-state index contributed by atoms with van der Waals surface area (Å²) in [7, 11) is 0. The monoisotopic (exact) mass is 318 g/mol. The van der Waals surface area contributed by atoms with Gasteiger partial charge >= 0.3 is 0 Å². The summed E-state index contributed by atoms with van der Waals surface area (Å²) in [6.07, 6.45) is 5.56. The Hall–Kier alpha value is -1.20. The molecule has 1 saturated heterocycles. The maximum Gasteiger partial charge on any atom is 0.169 e. The SMILES string of the molecule is C=CC1OC2(CCCCC2)OC1C(O)COCc1ccccc1. The number of benzene rings is 1. The minimum absolute atomic E-state index is 0.226. The van der Waals surface area contributed by atoms with Crippen LogP contribution in [-0.2, 0) is 20.8 Å². The highest BCUT2D eigenvalue weighted by Gasteiger charge is 2.49. The molecule has 3 rings (SSSR count). The zero-order valence-electron chi connectivity index (χ0n) is 13.5. The van der Waals surface area contributed by atoms with Crippen LogP contribution >= 0.6 is 0 Å². The molecule has 1 aliphatic heterocycles. The highest BCUT2D eigenvalue weighted by molar-refractivity contribution is 5.13. The molecule has 1 heterocycles. The molecule has 1 spiro atoms. The van der Waals surface area contributed by atoms with E-state index in [0.717, 1.165) is 31.2 Å². The Morgan fingerprint density at radius 3 is 2.65 bits per heavy atom. The van der Waals surface area contributed by atoms with Crippen LogP contribution in [0.5, 0.6) is 0 Å². The fourth-order valence-electron chi connectivity index (χ4n) is 3.43. The summed E-state index contributed by atoms with van der Waals surface area (Å²) in [6, 6.07) is 9.93. The number of rotatable bonds is 6. The summed E-state index contributed by atoms with van der Waals surface area (Å²) in [6.45, 7) is 4.53. The van der Waals surface area contributed by atoms with E-state index in [4.69, 9.17) is 14.2 Å². The first kappa shape index (κ1) is 16.7. The van der Waals surface area contributed by atoms with E-state index < -0.39 is 18.0 Å². The molecule has 0 aromatic heterocycles. The van der Waals surface area contributed by atoms with Gasteiger partial charge in [0, 0.05) is 12.8 Å². The Kier molecular flexibility index (Phi) is 5.49. The van der Waals surface area contributed by atoms with E-state index in [9.17, 15) is 5.11 Å². The molecule has 1 N–H and O–H groups in total. The molecule has 4 nitrogen and oxygen atoms in total. The van der Waals surface area contributed by atoms with Crippen LogP contribution in [0, 0.1) is 0 Å². The maximum absolute atomic E-state index is 10.5. The van der Waals surface area contributed by atoms with Crippen LogP contribution in [-0.4, -0.2) is 35.8 Å².